The minimum absolute atomic E-state index is 0.125. The summed E-state index contributed by atoms with van der Waals surface area (Å²) in [5.41, 5.74) is 0.670. The zero-order valence-corrected chi connectivity index (χ0v) is 16.4. The van der Waals surface area contributed by atoms with Crippen molar-refractivity contribution in [3.05, 3.63) is 75.6 Å². The molecule has 0 fully saturated rings. The van der Waals surface area contributed by atoms with Crippen molar-refractivity contribution in [2.75, 3.05) is 17.2 Å². The number of furan rings is 1. The van der Waals surface area contributed by atoms with Crippen LogP contribution < -0.4 is 15.4 Å². The van der Waals surface area contributed by atoms with Gasteiger partial charge < -0.3 is 19.8 Å². The van der Waals surface area contributed by atoms with Crippen molar-refractivity contribution in [2.24, 2.45) is 0 Å². The lowest BCUT2D eigenvalue weighted by atomic mass is 10.2. The number of anilines is 2. The number of halogens is 3. The topological polar surface area (TPSA) is 80.6 Å². The minimum atomic E-state index is -0.477. The molecule has 0 aliphatic carbocycles. The van der Waals surface area contributed by atoms with Crippen molar-refractivity contribution < 1.29 is 18.7 Å². The van der Waals surface area contributed by atoms with Crippen LogP contribution in [0.15, 0.2) is 59.2 Å². The Bertz CT molecular complexity index is 1010. The minimum Gasteiger partial charge on any atom is -0.484 e. The second kappa shape index (κ2) is 9.01. The maximum atomic E-state index is 12.2. The van der Waals surface area contributed by atoms with Gasteiger partial charge in [0.1, 0.15) is 5.75 Å². The fourth-order valence-electron chi connectivity index (χ4n) is 2.22. The molecule has 3 rings (SSSR count). The zero-order valence-electron chi connectivity index (χ0n) is 14.2. The van der Waals surface area contributed by atoms with Crippen LogP contribution >= 0.6 is 34.8 Å². The summed E-state index contributed by atoms with van der Waals surface area (Å²) in [7, 11) is 0. The molecule has 1 heterocycles. The largest absolute Gasteiger partial charge is 0.484 e. The summed E-state index contributed by atoms with van der Waals surface area (Å²) < 4.78 is 10.4. The number of carbonyl (C=O) groups excluding carboxylic acids is 2. The van der Waals surface area contributed by atoms with E-state index < -0.39 is 11.8 Å². The lowest BCUT2D eigenvalue weighted by molar-refractivity contribution is -0.118. The molecule has 0 radical (unpaired) electrons. The Morgan fingerprint density at radius 2 is 1.75 bits per heavy atom. The van der Waals surface area contributed by atoms with E-state index in [4.69, 9.17) is 44.0 Å². The smallest absolute Gasteiger partial charge is 0.291 e. The van der Waals surface area contributed by atoms with Gasteiger partial charge in [-0.2, -0.15) is 0 Å². The molecular formula is C19H13Cl3N2O4. The van der Waals surface area contributed by atoms with Gasteiger partial charge in [0, 0.05) is 11.1 Å². The van der Waals surface area contributed by atoms with E-state index in [-0.39, 0.29) is 12.4 Å². The number of benzene rings is 2. The maximum Gasteiger partial charge on any atom is 0.291 e. The lowest BCUT2D eigenvalue weighted by Crippen LogP contribution is -2.21. The molecule has 3 aromatic rings. The fraction of sp³-hybridized carbons (Fsp3) is 0.0526. The molecule has 0 unspecified atom stereocenters. The summed E-state index contributed by atoms with van der Waals surface area (Å²) in [6, 6.07) is 12.4. The third-order valence-corrected chi connectivity index (χ3v) is 4.48. The van der Waals surface area contributed by atoms with Gasteiger partial charge in [0.15, 0.2) is 12.4 Å². The van der Waals surface area contributed by atoms with E-state index in [9.17, 15) is 9.59 Å². The van der Waals surface area contributed by atoms with Gasteiger partial charge in [0.25, 0.3) is 11.8 Å². The van der Waals surface area contributed by atoms with Gasteiger partial charge in [-0.1, -0.05) is 34.8 Å². The summed E-state index contributed by atoms with van der Waals surface area (Å²) in [5.74, 6) is -0.399. The van der Waals surface area contributed by atoms with Crippen LogP contribution in [0.3, 0.4) is 0 Å². The van der Waals surface area contributed by atoms with Gasteiger partial charge in [0.05, 0.1) is 27.7 Å². The number of rotatable bonds is 6. The average Bonchev–Trinajstić information content (AvgIpc) is 3.20. The van der Waals surface area contributed by atoms with Crippen LogP contribution in [0.4, 0.5) is 11.4 Å². The molecule has 1 aromatic heterocycles. The Kier molecular flexibility index (Phi) is 6.46. The highest BCUT2D eigenvalue weighted by molar-refractivity contribution is 6.42. The Hall–Kier alpha value is -2.67. The van der Waals surface area contributed by atoms with Crippen LogP contribution in [0.2, 0.25) is 15.1 Å². The zero-order chi connectivity index (χ0) is 20.1. The van der Waals surface area contributed by atoms with Gasteiger partial charge in [-0.05, 0) is 42.5 Å². The highest BCUT2D eigenvalue weighted by Gasteiger charge is 2.14. The van der Waals surface area contributed by atoms with E-state index in [1.807, 2.05) is 0 Å². The molecule has 2 N–H and O–H groups in total. The molecule has 0 saturated heterocycles. The van der Waals surface area contributed by atoms with Crippen LogP contribution in [0.5, 0.6) is 5.75 Å². The maximum absolute atomic E-state index is 12.2. The standard InChI is InChI=1S/C19H13Cl3N2O4/c20-11-3-6-15(16(8-11)24-19(26)17-2-1-7-27-17)23-18(25)10-28-12-4-5-13(21)14(22)9-12/h1-9H,10H2,(H,23,25)(H,24,26). The Morgan fingerprint density at radius 3 is 2.46 bits per heavy atom. The summed E-state index contributed by atoms with van der Waals surface area (Å²) >= 11 is 17.7. The molecule has 2 aromatic carbocycles. The molecule has 0 atom stereocenters. The van der Waals surface area contributed by atoms with E-state index in [0.717, 1.165) is 0 Å². The number of hydrogen-bond acceptors (Lipinski definition) is 4. The molecule has 9 heteroatoms. The lowest BCUT2D eigenvalue weighted by Gasteiger charge is -2.13. The molecular weight excluding hydrogens is 427 g/mol. The van der Waals surface area contributed by atoms with Crippen LogP contribution in [0, 0.1) is 0 Å². The van der Waals surface area contributed by atoms with Gasteiger partial charge >= 0.3 is 0 Å². The van der Waals surface area contributed by atoms with Crippen molar-refractivity contribution in [3.8, 4) is 5.75 Å². The van der Waals surface area contributed by atoms with Crippen molar-refractivity contribution in [1.29, 1.82) is 0 Å². The highest BCUT2D eigenvalue weighted by atomic mass is 35.5. The molecule has 0 bridgehead atoms. The van der Waals surface area contributed by atoms with Crippen LogP contribution in [0.25, 0.3) is 0 Å². The Morgan fingerprint density at radius 1 is 0.929 bits per heavy atom. The van der Waals surface area contributed by atoms with Crippen LogP contribution in [-0.2, 0) is 4.79 Å². The quantitative estimate of drug-likeness (QED) is 0.531. The van der Waals surface area contributed by atoms with Gasteiger partial charge in [0.2, 0.25) is 0 Å². The molecule has 0 aliphatic rings. The number of amides is 2. The third-order valence-electron chi connectivity index (χ3n) is 3.51. The molecule has 0 spiro atoms. The molecule has 0 aliphatic heterocycles. The summed E-state index contributed by atoms with van der Waals surface area (Å²) in [6.45, 7) is -0.272. The number of carbonyl (C=O) groups is 2. The first kappa shape index (κ1) is 20.1. The average molecular weight is 440 g/mol. The van der Waals surface area contributed by atoms with E-state index in [1.165, 1.54) is 24.5 Å². The molecule has 144 valence electrons. The second-order valence-corrected chi connectivity index (χ2v) is 6.78. The number of nitrogens with one attached hydrogen (secondary N) is 2. The first-order valence-electron chi connectivity index (χ1n) is 7.94. The van der Waals surface area contributed by atoms with Crippen molar-refractivity contribution in [2.45, 2.75) is 0 Å². The van der Waals surface area contributed by atoms with Crippen molar-refractivity contribution in [3.63, 3.8) is 0 Å². The van der Waals surface area contributed by atoms with Gasteiger partial charge in [-0.25, -0.2) is 0 Å². The Balaban J connectivity index is 1.66. The predicted octanol–water partition coefficient (Wildman–Crippen LogP) is 5.51. The van der Waals surface area contributed by atoms with E-state index in [1.54, 1.807) is 30.3 Å². The summed E-state index contributed by atoms with van der Waals surface area (Å²) in [4.78, 5) is 24.4. The molecule has 0 saturated carbocycles. The molecule has 2 amide bonds. The van der Waals surface area contributed by atoms with Gasteiger partial charge in [-0.3, -0.25) is 9.59 Å². The van der Waals surface area contributed by atoms with E-state index in [2.05, 4.69) is 10.6 Å². The SMILES string of the molecule is O=C(COc1ccc(Cl)c(Cl)c1)Nc1ccc(Cl)cc1NC(=O)c1ccco1. The summed E-state index contributed by atoms with van der Waals surface area (Å²) in [6.07, 6.45) is 1.38. The second-order valence-electron chi connectivity index (χ2n) is 5.53. The van der Waals surface area contributed by atoms with E-state index >= 15 is 0 Å². The number of hydrogen-bond donors (Lipinski definition) is 2. The third kappa shape index (κ3) is 5.19. The van der Waals surface area contributed by atoms with Crippen LogP contribution in [0.1, 0.15) is 10.6 Å². The molecule has 28 heavy (non-hydrogen) atoms. The Labute approximate surface area is 175 Å². The highest BCUT2D eigenvalue weighted by Crippen LogP contribution is 2.28. The fourth-order valence-corrected chi connectivity index (χ4v) is 2.68. The van der Waals surface area contributed by atoms with E-state index in [0.29, 0.717) is 32.2 Å². The van der Waals surface area contributed by atoms with Crippen molar-refractivity contribution >= 4 is 58.0 Å². The van der Waals surface area contributed by atoms with Crippen LogP contribution in [-0.4, -0.2) is 18.4 Å². The summed E-state index contributed by atoms with van der Waals surface area (Å²) in [5, 5.41) is 6.39. The number of ether oxygens (including phenoxy) is 1. The predicted molar refractivity (Wildman–Crippen MR) is 109 cm³/mol. The van der Waals surface area contributed by atoms with Crippen molar-refractivity contribution in [1.82, 2.24) is 0 Å². The monoisotopic (exact) mass is 438 g/mol. The first-order chi connectivity index (χ1) is 13.4. The normalized spacial score (nSPS) is 10.4. The molecule has 6 nitrogen and oxygen atoms in total. The van der Waals surface area contributed by atoms with Gasteiger partial charge in [-0.15, -0.1) is 0 Å². The first-order valence-corrected chi connectivity index (χ1v) is 9.08.